The normalized spacial score (nSPS) is 23.5. The highest BCUT2D eigenvalue weighted by atomic mass is 19.4. The second-order valence-electron chi connectivity index (χ2n) is 6.54. The number of pyridine rings is 1. The number of amidine groups is 1. The largest absolute Gasteiger partial charge is 0.416 e. The van der Waals surface area contributed by atoms with E-state index in [1.54, 1.807) is 18.3 Å². The minimum atomic E-state index is -4.49. The Bertz CT molecular complexity index is 936. The SMILES string of the molecule is CN=C1NC(=O)[C@]2(CCCc3ncccc32)c2cc(C(F)(F)F)ccc21. The summed E-state index contributed by atoms with van der Waals surface area (Å²) in [6.45, 7) is 0. The molecule has 1 amide bonds. The molecule has 26 heavy (non-hydrogen) atoms. The molecular formula is C19H16F3N3O. The van der Waals surface area contributed by atoms with E-state index in [0.717, 1.165) is 17.8 Å². The van der Waals surface area contributed by atoms with Crippen LogP contribution in [0.15, 0.2) is 41.5 Å². The van der Waals surface area contributed by atoms with Crippen LogP contribution < -0.4 is 5.32 Å². The van der Waals surface area contributed by atoms with Gasteiger partial charge in [0.2, 0.25) is 5.91 Å². The first-order valence-electron chi connectivity index (χ1n) is 8.32. The molecule has 1 aliphatic heterocycles. The molecule has 4 nitrogen and oxygen atoms in total. The molecule has 2 aliphatic rings. The van der Waals surface area contributed by atoms with Gasteiger partial charge in [-0.15, -0.1) is 0 Å². The summed E-state index contributed by atoms with van der Waals surface area (Å²) >= 11 is 0. The summed E-state index contributed by atoms with van der Waals surface area (Å²) in [5.41, 5.74) is 0.375. The number of nitrogens with zero attached hydrogens (tertiary/aromatic N) is 2. The first-order valence-corrected chi connectivity index (χ1v) is 8.32. The first-order chi connectivity index (χ1) is 12.4. The van der Waals surface area contributed by atoms with Crippen LogP contribution in [0.2, 0.25) is 0 Å². The van der Waals surface area contributed by atoms with Crippen LogP contribution >= 0.6 is 0 Å². The molecule has 1 aliphatic carbocycles. The Labute approximate surface area is 148 Å². The van der Waals surface area contributed by atoms with E-state index in [2.05, 4.69) is 15.3 Å². The summed E-state index contributed by atoms with van der Waals surface area (Å²) in [5, 5.41) is 2.78. The van der Waals surface area contributed by atoms with Crippen molar-refractivity contribution in [2.45, 2.75) is 30.9 Å². The fraction of sp³-hybridized carbons (Fsp3) is 0.316. The molecule has 2 heterocycles. The highest BCUT2D eigenvalue weighted by Crippen LogP contribution is 2.46. The lowest BCUT2D eigenvalue weighted by Gasteiger charge is -2.42. The van der Waals surface area contributed by atoms with Crippen molar-refractivity contribution in [2.75, 3.05) is 7.05 Å². The average molecular weight is 359 g/mol. The number of aliphatic imine (C=N–C) groups is 1. The Morgan fingerprint density at radius 3 is 2.77 bits per heavy atom. The summed E-state index contributed by atoms with van der Waals surface area (Å²) in [6.07, 6.45) is -1.03. The number of rotatable bonds is 0. The lowest BCUT2D eigenvalue weighted by atomic mass is 9.63. The lowest BCUT2D eigenvalue weighted by molar-refractivity contribution is -0.138. The quantitative estimate of drug-likeness (QED) is 0.785. The van der Waals surface area contributed by atoms with Gasteiger partial charge in [-0.25, -0.2) is 0 Å². The second-order valence-corrected chi connectivity index (χ2v) is 6.54. The van der Waals surface area contributed by atoms with E-state index >= 15 is 0 Å². The van der Waals surface area contributed by atoms with Gasteiger partial charge in [-0.3, -0.25) is 14.8 Å². The molecule has 0 bridgehead atoms. The predicted molar refractivity (Wildman–Crippen MR) is 90.0 cm³/mol. The van der Waals surface area contributed by atoms with Crippen molar-refractivity contribution in [1.82, 2.24) is 10.3 Å². The first kappa shape index (κ1) is 16.8. The molecule has 2 aromatic rings. The van der Waals surface area contributed by atoms with E-state index in [0.29, 0.717) is 41.8 Å². The molecule has 1 aromatic carbocycles. The topological polar surface area (TPSA) is 54.4 Å². The molecule has 1 aromatic heterocycles. The van der Waals surface area contributed by atoms with Crippen molar-refractivity contribution < 1.29 is 18.0 Å². The maximum atomic E-state index is 13.3. The van der Waals surface area contributed by atoms with Gasteiger partial charge in [0.05, 0.1) is 5.56 Å². The number of fused-ring (bicyclic) bond motifs is 4. The van der Waals surface area contributed by atoms with E-state index < -0.39 is 17.2 Å². The van der Waals surface area contributed by atoms with Crippen molar-refractivity contribution in [2.24, 2.45) is 4.99 Å². The fourth-order valence-electron chi connectivity index (χ4n) is 4.06. The van der Waals surface area contributed by atoms with Crippen LogP contribution in [0.1, 0.15) is 40.8 Å². The maximum absolute atomic E-state index is 13.3. The van der Waals surface area contributed by atoms with Crippen molar-refractivity contribution in [3.63, 3.8) is 0 Å². The third-order valence-electron chi connectivity index (χ3n) is 5.22. The van der Waals surface area contributed by atoms with Crippen LogP contribution in [0.5, 0.6) is 0 Å². The number of nitrogens with one attached hydrogen (secondary N) is 1. The fourth-order valence-corrected chi connectivity index (χ4v) is 4.06. The van der Waals surface area contributed by atoms with Crippen molar-refractivity contribution in [3.05, 3.63) is 64.5 Å². The molecule has 0 radical (unpaired) electrons. The Morgan fingerprint density at radius 1 is 1.23 bits per heavy atom. The number of amides is 1. The number of hydrogen-bond acceptors (Lipinski definition) is 3. The second kappa shape index (κ2) is 5.65. The predicted octanol–water partition coefficient (Wildman–Crippen LogP) is 3.23. The van der Waals surface area contributed by atoms with Gasteiger partial charge in [0.15, 0.2) is 0 Å². The van der Waals surface area contributed by atoms with Crippen molar-refractivity contribution >= 4 is 11.7 Å². The molecule has 134 valence electrons. The zero-order valence-corrected chi connectivity index (χ0v) is 14.0. The van der Waals surface area contributed by atoms with Crippen LogP contribution in [0.3, 0.4) is 0 Å². The molecule has 0 saturated carbocycles. The highest BCUT2D eigenvalue weighted by molar-refractivity contribution is 6.17. The molecule has 0 unspecified atom stereocenters. The Kier molecular flexibility index (Phi) is 3.64. The molecule has 1 atom stereocenters. The molecule has 0 saturated heterocycles. The molecular weight excluding hydrogens is 343 g/mol. The summed E-state index contributed by atoms with van der Waals surface area (Å²) in [6, 6.07) is 7.03. The molecule has 0 fully saturated rings. The number of halogens is 3. The van der Waals surface area contributed by atoms with Crippen LogP contribution in [-0.2, 0) is 22.8 Å². The van der Waals surface area contributed by atoms with Crippen molar-refractivity contribution in [3.8, 4) is 0 Å². The minimum Gasteiger partial charge on any atom is -0.309 e. The number of carbonyl (C=O) groups excluding carboxylic acids is 1. The molecule has 7 heteroatoms. The zero-order valence-electron chi connectivity index (χ0n) is 14.0. The van der Waals surface area contributed by atoms with Gasteiger partial charge >= 0.3 is 6.18 Å². The number of alkyl halides is 3. The molecule has 1 spiro atoms. The van der Waals surface area contributed by atoms with Crippen LogP contribution in [0, 0.1) is 0 Å². The van der Waals surface area contributed by atoms with Gasteiger partial charge in [-0.05, 0) is 48.6 Å². The van der Waals surface area contributed by atoms with Gasteiger partial charge in [-0.2, -0.15) is 13.2 Å². The number of benzene rings is 1. The minimum absolute atomic E-state index is 0.292. The number of aryl methyl sites for hydroxylation is 1. The van der Waals surface area contributed by atoms with E-state index in [4.69, 9.17) is 0 Å². The Morgan fingerprint density at radius 2 is 2.04 bits per heavy atom. The third kappa shape index (κ3) is 2.26. The van der Waals surface area contributed by atoms with Crippen LogP contribution in [-0.4, -0.2) is 23.8 Å². The number of carbonyl (C=O) groups is 1. The van der Waals surface area contributed by atoms with E-state index in [1.807, 2.05) is 0 Å². The van der Waals surface area contributed by atoms with E-state index in [1.165, 1.54) is 13.1 Å². The summed E-state index contributed by atoms with van der Waals surface area (Å²) in [4.78, 5) is 21.5. The number of aromatic nitrogens is 1. The summed E-state index contributed by atoms with van der Waals surface area (Å²) < 4.78 is 40.0. The summed E-state index contributed by atoms with van der Waals surface area (Å²) in [7, 11) is 1.51. The average Bonchev–Trinajstić information content (AvgIpc) is 2.63. The van der Waals surface area contributed by atoms with Gasteiger partial charge in [0.1, 0.15) is 11.3 Å². The Balaban J connectivity index is 2.06. The Hall–Kier alpha value is -2.70. The summed E-state index contributed by atoms with van der Waals surface area (Å²) in [5.74, 6) is -0.0563. The third-order valence-corrected chi connectivity index (χ3v) is 5.22. The number of hydrogen-bond donors (Lipinski definition) is 1. The maximum Gasteiger partial charge on any atom is 0.416 e. The smallest absolute Gasteiger partial charge is 0.309 e. The van der Waals surface area contributed by atoms with E-state index in [9.17, 15) is 18.0 Å². The van der Waals surface area contributed by atoms with Crippen LogP contribution in [0.4, 0.5) is 13.2 Å². The van der Waals surface area contributed by atoms with E-state index in [-0.39, 0.29) is 5.91 Å². The standard InChI is InChI=1S/C19H16F3N3O/c1-23-16-12-7-6-11(19(20,21)22)10-14(12)18(17(26)25-16)8-2-5-15-13(18)4-3-9-24-15/h3-4,6-7,9-10H,2,5,8H2,1H3,(H,23,25,26)/t18-/m0/s1. The highest BCUT2D eigenvalue weighted by Gasteiger charge is 2.50. The molecule has 4 rings (SSSR count). The van der Waals surface area contributed by atoms with Crippen LogP contribution in [0.25, 0.3) is 0 Å². The molecule has 1 N–H and O–H groups in total. The van der Waals surface area contributed by atoms with Gasteiger partial charge in [0, 0.05) is 24.5 Å². The van der Waals surface area contributed by atoms with Gasteiger partial charge < -0.3 is 5.32 Å². The van der Waals surface area contributed by atoms with Crippen molar-refractivity contribution in [1.29, 1.82) is 0 Å². The zero-order chi connectivity index (χ0) is 18.5. The lowest BCUT2D eigenvalue weighted by Crippen LogP contribution is -2.54. The van der Waals surface area contributed by atoms with Gasteiger partial charge in [-0.1, -0.05) is 12.1 Å². The van der Waals surface area contributed by atoms with Gasteiger partial charge in [0.25, 0.3) is 0 Å². The monoisotopic (exact) mass is 359 g/mol.